The summed E-state index contributed by atoms with van der Waals surface area (Å²) in [5.74, 6) is -0.641. The van der Waals surface area contributed by atoms with E-state index in [1.165, 1.54) is 16.4 Å². The number of para-hydroxylation sites is 1. The van der Waals surface area contributed by atoms with Crippen molar-refractivity contribution < 1.29 is 29.3 Å². The highest BCUT2D eigenvalue weighted by atomic mass is 32.2. The summed E-state index contributed by atoms with van der Waals surface area (Å²) < 4.78 is 7.92. The Morgan fingerprint density at radius 1 is 1.14 bits per heavy atom. The summed E-state index contributed by atoms with van der Waals surface area (Å²) in [6, 6.07) is 7.34. The van der Waals surface area contributed by atoms with Crippen molar-refractivity contribution in [3.8, 4) is 0 Å². The molecule has 0 unspecified atom stereocenters. The molecule has 8 atom stereocenters. The van der Waals surface area contributed by atoms with E-state index in [4.69, 9.17) is 4.74 Å². The zero-order chi connectivity index (χ0) is 35.8. The zero-order valence-corrected chi connectivity index (χ0v) is 30.7. The molecular weight excluding hydrogens is 655 g/mol. The minimum atomic E-state index is -0.716. The van der Waals surface area contributed by atoms with Gasteiger partial charge in [0, 0.05) is 47.7 Å². The molecule has 4 fully saturated rings. The number of benzene rings is 1. The van der Waals surface area contributed by atoms with Crippen LogP contribution in [0, 0.1) is 34.0 Å². The quantitative estimate of drug-likeness (QED) is 0.178. The van der Waals surface area contributed by atoms with E-state index in [1.54, 1.807) is 18.3 Å². The lowest BCUT2D eigenvalue weighted by molar-refractivity contribution is -0.205. The van der Waals surface area contributed by atoms with Crippen molar-refractivity contribution in [1.29, 1.82) is 0 Å². The van der Waals surface area contributed by atoms with Crippen LogP contribution in [-0.4, -0.2) is 84.9 Å². The van der Waals surface area contributed by atoms with Crippen molar-refractivity contribution in [3.63, 3.8) is 0 Å². The number of likely N-dealkylation sites (tertiary alicyclic amines) is 1. The number of aliphatic hydroxyl groups is 2. The van der Waals surface area contributed by atoms with Crippen LogP contribution in [-0.2, 0) is 32.2 Å². The molecule has 4 aliphatic rings. The van der Waals surface area contributed by atoms with Crippen LogP contribution < -0.4 is 5.32 Å². The number of ether oxygens (including phenoxy) is 1. The summed E-state index contributed by atoms with van der Waals surface area (Å²) in [5.41, 5.74) is -0.249. The van der Waals surface area contributed by atoms with Gasteiger partial charge in [0.15, 0.2) is 0 Å². The van der Waals surface area contributed by atoms with Gasteiger partial charge in [-0.05, 0) is 67.9 Å². The second-order valence-electron chi connectivity index (χ2n) is 15.8. The van der Waals surface area contributed by atoms with Crippen LogP contribution in [0.2, 0.25) is 0 Å². The fourth-order valence-corrected chi connectivity index (χ4v) is 10.4. The number of esters is 1. The van der Waals surface area contributed by atoms with E-state index in [0.717, 1.165) is 55.8 Å². The van der Waals surface area contributed by atoms with Gasteiger partial charge in [-0.25, -0.2) is 4.68 Å². The number of Topliss-reactive ketones (excluding diaryl/α,β-unsaturated/α-hetero) is 1. The number of hydrogen-bond donors (Lipinski definition) is 3. The van der Waals surface area contributed by atoms with Gasteiger partial charge in [-0.3, -0.25) is 19.3 Å². The standard InChI is InChI=1S/C38H53N5O6S/c1-6-36(4)19-31(37(5)24(2)11-15-38(25(3)35(36)48)16-12-29(45)34(37)38)49-33(47)23-50-30-10-8-7-9-28(30)39-32(46)22-43-21-26(40-41-43)20-42-17-13-27(44)14-18-42/h6-10,21,24-25,27,31,34-35,44,48H,1,11-20,22-23H2,2-5H3,(H,39,46)/t24-,25+,31-,34+,35+,36-,37+,38+/m1/s1. The lowest BCUT2D eigenvalue weighted by atomic mass is 9.44. The topological polar surface area (TPSA) is 147 Å². The summed E-state index contributed by atoms with van der Waals surface area (Å²) in [5, 5.41) is 32.9. The minimum absolute atomic E-state index is 0.0148. The second kappa shape index (κ2) is 14.5. The molecular formula is C38H53N5O6S. The first kappa shape index (κ1) is 36.7. The largest absolute Gasteiger partial charge is 0.461 e. The summed E-state index contributed by atoms with van der Waals surface area (Å²) in [6.45, 7) is 14.7. The lowest BCUT2D eigenvalue weighted by Gasteiger charge is -2.61. The molecule has 11 nitrogen and oxygen atoms in total. The van der Waals surface area contributed by atoms with Gasteiger partial charge in [0.2, 0.25) is 5.91 Å². The highest BCUT2D eigenvalue weighted by molar-refractivity contribution is 8.00. The van der Waals surface area contributed by atoms with Crippen LogP contribution >= 0.6 is 11.8 Å². The molecule has 272 valence electrons. The predicted octanol–water partition coefficient (Wildman–Crippen LogP) is 4.87. The first-order valence-electron chi connectivity index (χ1n) is 18.1. The fourth-order valence-electron chi connectivity index (χ4n) is 9.66. The molecule has 2 bridgehead atoms. The minimum Gasteiger partial charge on any atom is -0.461 e. The highest BCUT2D eigenvalue weighted by Crippen LogP contribution is 2.68. The zero-order valence-electron chi connectivity index (χ0n) is 29.8. The normalized spacial score (nSPS) is 34.8. The maximum Gasteiger partial charge on any atom is 0.316 e. The average molecular weight is 708 g/mol. The second-order valence-corrected chi connectivity index (χ2v) is 16.8. The van der Waals surface area contributed by atoms with Crippen LogP contribution in [0.4, 0.5) is 5.69 Å². The third kappa shape index (κ3) is 6.92. The number of carbonyl (C=O) groups is 3. The van der Waals surface area contributed by atoms with Gasteiger partial charge in [-0.1, -0.05) is 51.1 Å². The van der Waals surface area contributed by atoms with Gasteiger partial charge in [0.05, 0.1) is 35.5 Å². The Kier molecular flexibility index (Phi) is 10.7. The van der Waals surface area contributed by atoms with Gasteiger partial charge in [0.25, 0.3) is 0 Å². The molecule has 1 aromatic heterocycles. The number of piperidine rings is 1. The number of carbonyl (C=O) groups excluding carboxylic acids is 3. The third-order valence-corrected chi connectivity index (χ3v) is 14.0. The summed E-state index contributed by atoms with van der Waals surface area (Å²) >= 11 is 1.29. The van der Waals surface area contributed by atoms with Crippen LogP contribution in [0.15, 0.2) is 48.0 Å². The third-order valence-electron chi connectivity index (χ3n) is 12.9. The molecule has 12 heteroatoms. The van der Waals surface area contributed by atoms with Crippen molar-refractivity contribution in [2.45, 2.75) is 109 Å². The van der Waals surface area contributed by atoms with E-state index in [-0.39, 0.29) is 53.3 Å². The molecule has 2 aromatic rings. The van der Waals surface area contributed by atoms with Crippen LogP contribution in [0.25, 0.3) is 0 Å². The first-order chi connectivity index (χ1) is 23.8. The SMILES string of the molecule is C=C[C@]1(C)C[C@@H](OC(=O)CSc2ccccc2NC(=O)Cn2cc(CN3CCC(O)CC3)nn2)[C@]2(C)[C@H](C)CC[C@]3(CCC(=O)[C@H]32)[C@@H](C)[C@@H]1O. The van der Waals surface area contributed by atoms with Crippen LogP contribution in [0.5, 0.6) is 0 Å². The van der Waals surface area contributed by atoms with Crippen molar-refractivity contribution in [3.05, 3.63) is 48.8 Å². The van der Waals surface area contributed by atoms with Crippen molar-refractivity contribution in [2.75, 3.05) is 24.2 Å². The molecule has 1 amide bonds. The Morgan fingerprint density at radius 2 is 1.88 bits per heavy atom. The monoisotopic (exact) mass is 707 g/mol. The highest BCUT2D eigenvalue weighted by Gasteiger charge is 2.68. The Morgan fingerprint density at radius 3 is 2.62 bits per heavy atom. The molecule has 1 aromatic carbocycles. The van der Waals surface area contributed by atoms with E-state index >= 15 is 0 Å². The maximum atomic E-state index is 13.7. The lowest BCUT2D eigenvalue weighted by Crippen LogP contribution is -2.63. The number of nitrogens with zero attached hydrogens (tertiary/aromatic N) is 4. The molecule has 0 spiro atoms. The first-order valence-corrected chi connectivity index (χ1v) is 19.1. The number of aliphatic hydroxyl groups excluding tert-OH is 2. The number of ketones is 1. The molecule has 2 heterocycles. The van der Waals surface area contributed by atoms with Gasteiger partial charge >= 0.3 is 5.97 Å². The Bertz CT molecular complexity index is 1590. The van der Waals surface area contributed by atoms with E-state index < -0.39 is 29.0 Å². The molecule has 50 heavy (non-hydrogen) atoms. The number of hydrogen-bond acceptors (Lipinski definition) is 10. The van der Waals surface area contributed by atoms with Gasteiger partial charge in [0.1, 0.15) is 18.4 Å². The van der Waals surface area contributed by atoms with E-state index in [0.29, 0.717) is 25.1 Å². The predicted molar refractivity (Wildman–Crippen MR) is 191 cm³/mol. The molecule has 1 saturated heterocycles. The maximum absolute atomic E-state index is 13.7. The van der Waals surface area contributed by atoms with E-state index in [1.807, 2.05) is 25.1 Å². The summed E-state index contributed by atoms with van der Waals surface area (Å²) in [6.07, 6.45) is 6.96. The molecule has 6 rings (SSSR count). The van der Waals surface area contributed by atoms with E-state index in [2.05, 4.69) is 47.9 Å². The number of aromatic nitrogens is 3. The number of thioether (sulfide) groups is 1. The Labute approximate surface area is 299 Å². The fraction of sp³-hybridized carbons (Fsp3) is 0.658. The summed E-state index contributed by atoms with van der Waals surface area (Å²) in [4.78, 5) is 43.4. The van der Waals surface area contributed by atoms with E-state index in [9.17, 15) is 24.6 Å². The van der Waals surface area contributed by atoms with Crippen LogP contribution in [0.3, 0.4) is 0 Å². The van der Waals surface area contributed by atoms with Crippen molar-refractivity contribution in [1.82, 2.24) is 19.9 Å². The Hall–Kier alpha value is -3.06. The molecule has 3 aliphatic carbocycles. The number of nitrogens with one attached hydrogen (secondary N) is 1. The average Bonchev–Trinajstić information content (AvgIpc) is 3.69. The number of anilines is 1. The molecule has 0 radical (unpaired) electrons. The molecule has 1 aliphatic heterocycles. The molecule has 3 N–H and O–H groups in total. The van der Waals surface area contributed by atoms with Crippen LogP contribution in [0.1, 0.15) is 78.3 Å². The van der Waals surface area contributed by atoms with Crippen molar-refractivity contribution in [2.24, 2.45) is 34.0 Å². The molecule has 3 saturated carbocycles. The smallest absolute Gasteiger partial charge is 0.316 e. The van der Waals surface area contributed by atoms with Gasteiger partial charge < -0.3 is 20.3 Å². The van der Waals surface area contributed by atoms with Crippen molar-refractivity contribution >= 4 is 35.1 Å². The number of amides is 1. The van der Waals surface area contributed by atoms with Gasteiger partial charge in [-0.15, -0.1) is 23.4 Å². The summed E-state index contributed by atoms with van der Waals surface area (Å²) in [7, 11) is 0. The number of rotatable bonds is 10. The Balaban J connectivity index is 1.12. The van der Waals surface area contributed by atoms with Gasteiger partial charge in [-0.2, -0.15) is 0 Å².